The topological polar surface area (TPSA) is 38.9 Å². The molecule has 0 saturated heterocycles. The van der Waals surface area contributed by atoms with E-state index in [1.807, 2.05) is 12.3 Å². The van der Waals surface area contributed by atoms with Crippen molar-refractivity contribution in [2.75, 3.05) is 0 Å². The highest BCUT2D eigenvalue weighted by molar-refractivity contribution is 5.23. The molecular formula is C11H16N2. The van der Waals surface area contributed by atoms with Crippen LogP contribution in [0.3, 0.4) is 0 Å². The molecular weight excluding hydrogens is 160 g/mol. The first-order chi connectivity index (χ1) is 6.42. The molecule has 2 rings (SSSR count). The molecule has 1 aromatic heterocycles. The maximum absolute atomic E-state index is 5.68. The molecule has 0 bridgehead atoms. The second kappa shape index (κ2) is 3.88. The first-order valence-corrected chi connectivity index (χ1v) is 5.05. The van der Waals surface area contributed by atoms with Gasteiger partial charge in [-0.25, -0.2) is 0 Å². The van der Waals surface area contributed by atoms with Gasteiger partial charge in [-0.1, -0.05) is 18.9 Å². The molecule has 1 aliphatic rings. The third-order valence-electron chi connectivity index (χ3n) is 2.89. The minimum absolute atomic E-state index is 0.625. The number of rotatable bonds is 2. The van der Waals surface area contributed by atoms with Crippen LogP contribution in [0.25, 0.3) is 0 Å². The Balaban J connectivity index is 2.26. The van der Waals surface area contributed by atoms with E-state index >= 15 is 0 Å². The van der Waals surface area contributed by atoms with Crippen molar-refractivity contribution in [1.29, 1.82) is 0 Å². The third kappa shape index (κ3) is 1.73. The zero-order valence-electron chi connectivity index (χ0n) is 7.87. The van der Waals surface area contributed by atoms with Gasteiger partial charge in [0.2, 0.25) is 0 Å². The molecule has 1 fully saturated rings. The van der Waals surface area contributed by atoms with Gasteiger partial charge in [0, 0.05) is 24.4 Å². The molecule has 1 aliphatic carbocycles. The quantitative estimate of drug-likeness (QED) is 0.750. The Morgan fingerprint density at radius 3 is 2.85 bits per heavy atom. The summed E-state index contributed by atoms with van der Waals surface area (Å²) in [5.74, 6) is 0.680. The maximum Gasteiger partial charge on any atom is 0.0479 e. The van der Waals surface area contributed by atoms with E-state index < -0.39 is 0 Å². The molecule has 1 heterocycles. The lowest BCUT2D eigenvalue weighted by atomic mass is 9.99. The molecule has 0 radical (unpaired) electrons. The van der Waals surface area contributed by atoms with Gasteiger partial charge in [-0.05, 0) is 24.5 Å². The summed E-state index contributed by atoms with van der Waals surface area (Å²) in [6.07, 6.45) is 7.18. The Bertz CT molecular complexity index is 277. The second-order valence-corrected chi connectivity index (χ2v) is 3.73. The Morgan fingerprint density at radius 2 is 2.15 bits per heavy atom. The molecule has 0 aliphatic heterocycles. The minimum Gasteiger partial charge on any atom is -0.326 e. The van der Waals surface area contributed by atoms with E-state index in [1.165, 1.54) is 36.9 Å². The van der Waals surface area contributed by atoms with Crippen LogP contribution >= 0.6 is 0 Å². The van der Waals surface area contributed by atoms with Crippen molar-refractivity contribution in [2.45, 2.75) is 38.1 Å². The van der Waals surface area contributed by atoms with E-state index in [0.717, 1.165) is 0 Å². The molecule has 2 nitrogen and oxygen atoms in total. The summed E-state index contributed by atoms with van der Waals surface area (Å²) in [4.78, 5) is 4.45. The van der Waals surface area contributed by atoms with Crippen LogP contribution in [0.4, 0.5) is 0 Å². The Kier molecular flexibility index (Phi) is 2.60. The van der Waals surface area contributed by atoms with Crippen LogP contribution in [0.2, 0.25) is 0 Å². The van der Waals surface area contributed by atoms with Gasteiger partial charge in [-0.2, -0.15) is 0 Å². The summed E-state index contributed by atoms with van der Waals surface area (Å²) < 4.78 is 0. The first-order valence-electron chi connectivity index (χ1n) is 5.05. The van der Waals surface area contributed by atoms with Gasteiger partial charge in [0.15, 0.2) is 0 Å². The average molecular weight is 176 g/mol. The normalized spacial score (nSPS) is 17.9. The molecule has 0 spiro atoms. The first kappa shape index (κ1) is 8.70. The van der Waals surface area contributed by atoms with Gasteiger partial charge in [0.05, 0.1) is 0 Å². The van der Waals surface area contributed by atoms with E-state index in [0.29, 0.717) is 12.5 Å². The molecule has 0 atom stereocenters. The number of nitrogens with two attached hydrogens (primary N) is 1. The van der Waals surface area contributed by atoms with Gasteiger partial charge in [0.1, 0.15) is 0 Å². The van der Waals surface area contributed by atoms with Crippen molar-refractivity contribution in [3.05, 3.63) is 29.6 Å². The molecule has 2 N–H and O–H groups in total. The van der Waals surface area contributed by atoms with E-state index in [9.17, 15) is 0 Å². The van der Waals surface area contributed by atoms with Crippen molar-refractivity contribution in [3.8, 4) is 0 Å². The number of pyridine rings is 1. The summed E-state index contributed by atoms with van der Waals surface area (Å²) in [6, 6.07) is 4.07. The monoisotopic (exact) mass is 176 g/mol. The highest BCUT2D eigenvalue weighted by atomic mass is 14.7. The minimum atomic E-state index is 0.625. The van der Waals surface area contributed by atoms with Crippen LogP contribution in [0.1, 0.15) is 42.9 Å². The van der Waals surface area contributed by atoms with Gasteiger partial charge >= 0.3 is 0 Å². The highest BCUT2D eigenvalue weighted by Crippen LogP contribution is 2.34. The van der Waals surface area contributed by atoms with E-state index in [-0.39, 0.29) is 0 Å². The molecule has 1 aromatic rings. The Morgan fingerprint density at radius 1 is 1.38 bits per heavy atom. The summed E-state index contributed by atoms with van der Waals surface area (Å²) in [5, 5.41) is 0. The summed E-state index contributed by atoms with van der Waals surface area (Å²) in [7, 11) is 0. The van der Waals surface area contributed by atoms with E-state index in [2.05, 4.69) is 11.1 Å². The smallest absolute Gasteiger partial charge is 0.0479 e. The zero-order chi connectivity index (χ0) is 9.10. The van der Waals surface area contributed by atoms with Gasteiger partial charge in [-0.3, -0.25) is 4.98 Å². The number of hydrogen-bond acceptors (Lipinski definition) is 2. The Labute approximate surface area is 79.2 Å². The third-order valence-corrected chi connectivity index (χ3v) is 2.89. The Hall–Kier alpha value is -0.890. The van der Waals surface area contributed by atoms with Crippen molar-refractivity contribution in [3.63, 3.8) is 0 Å². The number of nitrogens with zero attached hydrogens (tertiary/aromatic N) is 1. The fourth-order valence-electron chi connectivity index (χ4n) is 2.19. The second-order valence-electron chi connectivity index (χ2n) is 3.73. The lowest BCUT2D eigenvalue weighted by Crippen LogP contribution is -2.06. The highest BCUT2D eigenvalue weighted by Gasteiger charge is 2.20. The maximum atomic E-state index is 5.68. The van der Waals surface area contributed by atoms with Crippen molar-refractivity contribution < 1.29 is 0 Å². The van der Waals surface area contributed by atoms with Crippen LogP contribution in [0, 0.1) is 0 Å². The van der Waals surface area contributed by atoms with E-state index in [4.69, 9.17) is 5.73 Å². The summed E-state index contributed by atoms with van der Waals surface area (Å²) in [5.41, 5.74) is 8.16. The molecule has 70 valence electrons. The molecule has 0 amide bonds. The van der Waals surface area contributed by atoms with Gasteiger partial charge in [-0.15, -0.1) is 0 Å². The SMILES string of the molecule is NCc1cccnc1C1CCCC1. The van der Waals surface area contributed by atoms with Crippen molar-refractivity contribution >= 4 is 0 Å². The van der Waals surface area contributed by atoms with Crippen molar-refractivity contribution in [2.24, 2.45) is 5.73 Å². The predicted octanol–water partition coefficient (Wildman–Crippen LogP) is 2.20. The fraction of sp³-hybridized carbons (Fsp3) is 0.545. The average Bonchev–Trinajstić information content (AvgIpc) is 2.70. The van der Waals surface area contributed by atoms with E-state index in [1.54, 1.807) is 0 Å². The van der Waals surface area contributed by atoms with Gasteiger partial charge < -0.3 is 5.73 Å². The van der Waals surface area contributed by atoms with Crippen molar-refractivity contribution in [1.82, 2.24) is 4.98 Å². The number of hydrogen-bond donors (Lipinski definition) is 1. The molecule has 2 heteroatoms. The molecule has 13 heavy (non-hydrogen) atoms. The van der Waals surface area contributed by atoms with Crippen LogP contribution in [0.15, 0.2) is 18.3 Å². The summed E-state index contributed by atoms with van der Waals surface area (Å²) >= 11 is 0. The largest absolute Gasteiger partial charge is 0.326 e. The summed E-state index contributed by atoms with van der Waals surface area (Å²) in [6.45, 7) is 0.625. The van der Waals surface area contributed by atoms with Gasteiger partial charge in [0.25, 0.3) is 0 Å². The van der Waals surface area contributed by atoms with Crippen LogP contribution in [0.5, 0.6) is 0 Å². The number of aromatic nitrogens is 1. The van der Waals surface area contributed by atoms with Crippen LogP contribution < -0.4 is 5.73 Å². The predicted molar refractivity (Wildman–Crippen MR) is 53.3 cm³/mol. The van der Waals surface area contributed by atoms with Crippen LogP contribution in [-0.4, -0.2) is 4.98 Å². The van der Waals surface area contributed by atoms with Crippen LogP contribution in [-0.2, 0) is 6.54 Å². The molecule has 0 aromatic carbocycles. The zero-order valence-corrected chi connectivity index (χ0v) is 7.87. The standard InChI is InChI=1S/C11H16N2/c12-8-10-6-3-7-13-11(10)9-4-1-2-5-9/h3,6-7,9H,1-2,4-5,8,12H2. The fourth-order valence-corrected chi connectivity index (χ4v) is 2.19. The molecule has 0 unspecified atom stereocenters. The molecule has 1 saturated carbocycles. The lowest BCUT2D eigenvalue weighted by molar-refractivity contribution is 0.684. The lowest BCUT2D eigenvalue weighted by Gasteiger charge is -2.11.